The molecule has 17 heavy (non-hydrogen) atoms. The van der Waals surface area contributed by atoms with Crippen LogP contribution in [0.1, 0.15) is 19.0 Å². The number of hydrogen-bond acceptors (Lipinski definition) is 4. The summed E-state index contributed by atoms with van der Waals surface area (Å²) in [6.07, 6.45) is -3.24. The largest absolute Gasteiger partial charge is 0.433 e. The molecule has 0 unspecified atom stereocenters. The van der Waals surface area contributed by atoms with Crippen LogP contribution in [-0.2, 0) is 6.18 Å². The first-order chi connectivity index (χ1) is 7.86. The molecule has 0 N–H and O–H groups in total. The summed E-state index contributed by atoms with van der Waals surface area (Å²) in [4.78, 5) is 8.63. The molecule has 0 saturated heterocycles. The van der Waals surface area contributed by atoms with Gasteiger partial charge in [0.05, 0.1) is 12.5 Å². The Morgan fingerprint density at radius 2 is 2.18 bits per heavy atom. The van der Waals surface area contributed by atoms with Gasteiger partial charge in [0.2, 0.25) is 5.95 Å². The standard InChI is InChI=1S/C10H11F3N4/c1-7(3-5-14)17(2)9-15-6-4-8(16-9)10(11,12)13/h4,6-7H,3H2,1-2H3/t7-/m0/s1. The molecule has 1 aromatic rings. The Kier molecular flexibility index (Phi) is 3.89. The van der Waals surface area contributed by atoms with Crippen LogP contribution >= 0.6 is 0 Å². The molecule has 0 saturated carbocycles. The molecule has 1 heterocycles. The van der Waals surface area contributed by atoms with Gasteiger partial charge in [-0.25, -0.2) is 9.97 Å². The van der Waals surface area contributed by atoms with E-state index < -0.39 is 11.9 Å². The molecule has 1 atom stereocenters. The normalized spacial score (nSPS) is 12.9. The fourth-order valence-corrected chi connectivity index (χ4v) is 1.14. The maximum atomic E-state index is 12.4. The first kappa shape index (κ1) is 13.2. The lowest BCUT2D eigenvalue weighted by atomic mass is 10.2. The maximum absolute atomic E-state index is 12.4. The molecule has 92 valence electrons. The second kappa shape index (κ2) is 4.99. The second-order valence-corrected chi connectivity index (χ2v) is 3.56. The molecule has 1 aromatic heterocycles. The van der Waals surface area contributed by atoms with E-state index >= 15 is 0 Å². The highest BCUT2D eigenvalue weighted by molar-refractivity contribution is 5.31. The molecule has 0 radical (unpaired) electrons. The lowest BCUT2D eigenvalue weighted by Crippen LogP contribution is -2.30. The zero-order valence-corrected chi connectivity index (χ0v) is 9.36. The zero-order chi connectivity index (χ0) is 13.1. The summed E-state index contributed by atoms with van der Waals surface area (Å²) < 4.78 is 37.3. The summed E-state index contributed by atoms with van der Waals surface area (Å²) >= 11 is 0. The van der Waals surface area contributed by atoms with E-state index in [2.05, 4.69) is 9.97 Å². The monoisotopic (exact) mass is 244 g/mol. The Balaban J connectivity index is 2.96. The highest BCUT2D eigenvalue weighted by Gasteiger charge is 2.33. The lowest BCUT2D eigenvalue weighted by molar-refractivity contribution is -0.141. The van der Waals surface area contributed by atoms with Crippen LogP contribution in [0.5, 0.6) is 0 Å². The third-order valence-corrected chi connectivity index (χ3v) is 2.30. The molecule has 0 aliphatic rings. The molecule has 1 rings (SSSR count). The molecular weight excluding hydrogens is 233 g/mol. The first-order valence-electron chi connectivity index (χ1n) is 4.86. The molecule has 0 aromatic carbocycles. The van der Waals surface area contributed by atoms with E-state index in [4.69, 9.17) is 5.26 Å². The fraction of sp³-hybridized carbons (Fsp3) is 0.500. The number of aromatic nitrogens is 2. The van der Waals surface area contributed by atoms with E-state index in [9.17, 15) is 13.2 Å². The topological polar surface area (TPSA) is 52.8 Å². The number of rotatable bonds is 3. The summed E-state index contributed by atoms with van der Waals surface area (Å²) in [6.45, 7) is 1.72. The van der Waals surface area contributed by atoms with Crippen molar-refractivity contribution in [2.75, 3.05) is 11.9 Å². The first-order valence-corrected chi connectivity index (χ1v) is 4.86. The van der Waals surface area contributed by atoms with Gasteiger partial charge in [0, 0.05) is 19.3 Å². The molecule has 0 spiro atoms. The van der Waals surface area contributed by atoms with E-state index in [-0.39, 0.29) is 18.4 Å². The zero-order valence-electron chi connectivity index (χ0n) is 9.36. The molecule has 0 aliphatic carbocycles. The third-order valence-electron chi connectivity index (χ3n) is 2.30. The van der Waals surface area contributed by atoms with Crippen LogP contribution in [0, 0.1) is 11.3 Å². The number of hydrogen-bond donors (Lipinski definition) is 0. The highest BCUT2D eigenvalue weighted by Crippen LogP contribution is 2.28. The van der Waals surface area contributed by atoms with Gasteiger partial charge in [-0.3, -0.25) is 0 Å². The van der Waals surface area contributed by atoms with Gasteiger partial charge in [-0.1, -0.05) is 0 Å². The van der Waals surface area contributed by atoms with Crippen LogP contribution in [0.4, 0.5) is 19.1 Å². The summed E-state index contributed by atoms with van der Waals surface area (Å²) in [7, 11) is 1.55. The van der Waals surface area contributed by atoms with Crippen LogP contribution in [0.25, 0.3) is 0 Å². The van der Waals surface area contributed by atoms with Gasteiger partial charge in [-0.15, -0.1) is 0 Å². The fourth-order valence-electron chi connectivity index (χ4n) is 1.14. The average Bonchev–Trinajstić information content (AvgIpc) is 2.27. The minimum absolute atomic E-state index is 0.0393. The molecular formula is C10H11F3N4. The Morgan fingerprint density at radius 3 is 2.71 bits per heavy atom. The van der Waals surface area contributed by atoms with Crippen molar-refractivity contribution in [1.82, 2.24) is 9.97 Å². The lowest BCUT2D eigenvalue weighted by Gasteiger charge is -2.23. The van der Waals surface area contributed by atoms with E-state index in [1.165, 1.54) is 4.90 Å². The second-order valence-electron chi connectivity index (χ2n) is 3.56. The van der Waals surface area contributed by atoms with Crippen molar-refractivity contribution < 1.29 is 13.2 Å². The number of nitriles is 1. The summed E-state index contributed by atoms with van der Waals surface area (Å²) in [5.74, 6) is -0.0393. The number of halogens is 3. The van der Waals surface area contributed by atoms with Crippen molar-refractivity contribution in [1.29, 1.82) is 5.26 Å². The number of nitrogens with zero attached hydrogens (tertiary/aromatic N) is 4. The Labute approximate surface area is 96.7 Å². The Hall–Kier alpha value is -1.84. The van der Waals surface area contributed by atoms with Gasteiger partial charge < -0.3 is 4.90 Å². The van der Waals surface area contributed by atoms with Gasteiger partial charge in [0.1, 0.15) is 5.69 Å². The third kappa shape index (κ3) is 3.31. The van der Waals surface area contributed by atoms with Crippen LogP contribution in [0.3, 0.4) is 0 Å². The van der Waals surface area contributed by atoms with Crippen LogP contribution in [-0.4, -0.2) is 23.1 Å². The van der Waals surface area contributed by atoms with Crippen molar-refractivity contribution in [3.8, 4) is 6.07 Å². The van der Waals surface area contributed by atoms with Crippen LogP contribution in [0.2, 0.25) is 0 Å². The summed E-state index contributed by atoms with van der Waals surface area (Å²) in [5, 5.41) is 8.52. The van der Waals surface area contributed by atoms with Crippen molar-refractivity contribution in [3.63, 3.8) is 0 Å². The highest BCUT2D eigenvalue weighted by atomic mass is 19.4. The van der Waals surface area contributed by atoms with Gasteiger partial charge >= 0.3 is 6.18 Å². The van der Waals surface area contributed by atoms with E-state index in [0.29, 0.717) is 0 Å². The van der Waals surface area contributed by atoms with Crippen LogP contribution in [0.15, 0.2) is 12.3 Å². The number of anilines is 1. The molecule has 0 amide bonds. The molecule has 7 heteroatoms. The molecule has 0 fully saturated rings. The smallest absolute Gasteiger partial charge is 0.340 e. The summed E-state index contributed by atoms with van der Waals surface area (Å²) in [5.41, 5.74) is -0.987. The predicted octanol–water partition coefficient (Wildman–Crippen LogP) is 2.23. The van der Waals surface area contributed by atoms with Gasteiger partial charge in [0.15, 0.2) is 0 Å². The van der Waals surface area contributed by atoms with E-state index in [0.717, 1.165) is 12.3 Å². The summed E-state index contributed by atoms with van der Waals surface area (Å²) in [6, 6.07) is 2.51. The maximum Gasteiger partial charge on any atom is 0.433 e. The van der Waals surface area contributed by atoms with Crippen molar-refractivity contribution in [3.05, 3.63) is 18.0 Å². The van der Waals surface area contributed by atoms with Gasteiger partial charge in [0.25, 0.3) is 0 Å². The minimum atomic E-state index is -4.49. The Bertz CT molecular complexity index is 424. The van der Waals surface area contributed by atoms with Crippen LogP contribution < -0.4 is 4.90 Å². The van der Waals surface area contributed by atoms with Gasteiger partial charge in [-0.2, -0.15) is 18.4 Å². The Morgan fingerprint density at radius 1 is 1.53 bits per heavy atom. The predicted molar refractivity (Wildman–Crippen MR) is 55.1 cm³/mol. The SMILES string of the molecule is C[C@@H](CC#N)N(C)c1nccc(C(F)(F)F)n1. The number of alkyl halides is 3. The molecule has 0 aliphatic heterocycles. The van der Waals surface area contributed by atoms with E-state index in [1.807, 2.05) is 6.07 Å². The quantitative estimate of drug-likeness (QED) is 0.818. The van der Waals surface area contributed by atoms with Gasteiger partial charge in [-0.05, 0) is 13.0 Å². The minimum Gasteiger partial charge on any atom is -0.340 e. The van der Waals surface area contributed by atoms with Crippen molar-refractivity contribution in [2.24, 2.45) is 0 Å². The van der Waals surface area contributed by atoms with E-state index in [1.54, 1.807) is 14.0 Å². The van der Waals surface area contributed by atoms with Crippen molar-refractivity contribution >= 4 is 5.95 Å². The molecule has 4 nitrogen and oxygen atoms in total. The average molecular weight is 244 g/mol. The molecule has 0 bridgehead atoms. The van der Waals surface area contributed by atoms with Crippen molar-refractivity contribution in [2.45, 2.75) is 25.6 Å².